The standard InChI is InChI=1S/C23H23Cl2N5O4S/c1-4-30-20(13(2)26-21(32)14-9-10-16(24)17(25)11-14)28-29-23(30)35-12-19(31)27-18-8-6-5-7-15(18)22(33)34-3/h5-11,13H,4,12H2,1-3H3,(H,26,32)(H,27,31)/t13-/m0/s1. The second-order valence-corrected chi connectivity index (χ2v) is 9.04. The molecule has 0 bridgehead atoms. The lowest BCUT2D eigenvalue weighted by atomic mass is 10.2. The Kier molecular flexibility index (Phi) is 9.13. The van der Waals surface area contributed by atoms with E-state index in [2.05, 4.69) is 20.8 Å². The van der Waals surface area contributed by atoms with Crippen molar-refractivity contribution in [2.75, 3.05) is 18.2 Å². The van der Waals surface area contributed by atoms with Gasteiger partial charge in [-0.25, -0.2) is 4.79 Å². The number of nitrogens with one attached hydrogen (secondary N) is 2. The third-order valence-electron chi connectivity index (χ3n) is 4.92. The fraction of sp³-hybridized carbons (Fsp3) is 0.261. The summed E-state index contributed by atoms with van der Waals surface area (Å²) in [7, 11) is 1.28. The number of carbonyl (C=O) groups is 3. The van der Waals surface area contributed by atoms with Crippen LogP contribution >= 0.6 is 35.0 Å². The number of hydrogen-bond donors (Lipinski definition) is 2. The van der Waals surface area contributed by atoms with E-state index in [1.54, 1.807) is 43.3 Å². The minimum atomic E-state index is -0.541. The fourth-order valence-corrected chi connectivity index (χ4v) is 4.31. The van der Waals surface area contributed by atoms with Gasteiger partial charge in [-0.2, -0.15) is 0 Å². The van der Waals surface area contributed by atoms with Crippen molar-refractivity contribution in [3.05, 3.63) is 69.5 Å². The van der Waals surface area contributed by atoms with Crippen LogP contribution in [0.25, 0.3) is 0 Å². The van der Waals surface area contributed by atoms with E-state index in [0.717, 1.165) is 0 Å². The zero-order valence-corrected chi connectivity index (χ0v) is 21.5. The largest absolute Gasteiger partial charge is 0.465 e. The number of hydrogen-bond acceptors (Lipinski definition) is 7. The molecular formula is C23H23Cl2N5O4S. The van der Waals surface area contributed by atoms with Crippen molar-refractivity contribution in [1.29, 1.82) is 0 Å². The van der Waals surface area contributed by atoms with Gasteiger partial charge in [-0.05, 0) is 44.2 Å². The molecule has 2 aromatic carbocycles. The topological polar surface area (TPSA) is 115 Å². The van der Waals surface area contributed by atoms with Crippen molar-refractivity contribution in [1.82, 2.24) is 20.1 Å². The maximum absolute atomic E-state index is 12.6. The quantitative estimate of drug-likeness (QED) is 0.303. The Bertz CT molecular complexity index is 1250. The highest BCUT2D eigenvalue weighted by Crippen LogP contribution is 2.24. The number of methoxy groups -OCH3 is 1. The number of thioether (sulfide) groups is 1. The molecule has 0 spiro atoms. The molecule has 3 rings (SSSR count). The molecule has 0 saturated carbocycles. The molecule has 0 aliphatic rings. The summed E-state index contributed by atoms with van der Waals surface area (Å²) in [6.07, 6.45) is 0. The van der Waals surface area contributed by atoms with Crippen molar-refractivity contribution in [3.63, 3.8) is 0 Å². The Balaban J connectivity index is 1.65. The van der Waals surface area contributed by atoms with Gasteiger partial charge >= 0.3 is 5.97 Å². The molecule has 35 heavy (non-hydrogen) atoms. The van der Waals surface area contributed by atoms with Crippen LogP contribution in [0, 0.1) is 0 Å². The van der Waals surface area contributed by atoms with E-state index in [4.69, 9.17) is 27.9 Å². The van der Waals surface area contributed by atoms with E-state index in [-0.39, 0.29) is 28.2 Å². The van der Waals surface area contributed by atoms with Crippen molar-refractivity contribution in [2.24, 2.45) is 0 Å². The third kappa shape index (κ3) is 6.53. The molecule has 12 heteroatoms. The summed E-state index contributed by atoms with van der Waals surface area (Å²) in [6, 6.07) is 10.8. The number of anilines is 1. The number of benzene rings is 2. The molecule has 1 atom stereocenters. The second-order valence-electron chi connectivity index (χ2n) is 7.28. The molecule has 0 unspecified atom stereocenters. The van der Waals surface area contributed by atoms with E-state index < -0.39 is 12.0 Å². The summed E-state index contributed by atoms with van der Waals surface area (Å²) < 4.78 is 6.57. The van der Waals surface area contributed by atoms with Gasteiger partial charge in [0.05, 0.1) is 40.2 Å². The first-order valence-corrected chi connectivity index (χ1v) is 12.3. The van der Waals surface area contributed by atoms with Gasteiger partial charge in [-0.3, -0.25) is 9.59 Å². The summed E-state index contributed by atoms with van der Waals surface area (Å²) >= 11 is 13.1. The molecule has 1 heterocycles. The molecule has 3 aromatic rings. The highest BCUT2D eigenvalue weighted by molar-refractivity contribution is 7.99. The van der Waals surface area contributed by atoms with Gasteiger partial charge in [-0.1, -0.05) is 47.1 Å². The lowest BCUT2D eigenvalue weighted by molar-refractivity contribution is -0.113. The van der Waals surface area contributed by atoms with Gasteiger partial charge in [0, 0.05) is 12.1 Å². The number of carbonyl (C=O) groups excluding carboxylic acids is 3. The molecule has 0 saturated heterocycles. The monoisotopic (exact) mass is 535 g/mol. The van der Waals surface area contributed by atoms with Gasteiger partial charge in [0.25, 0.3) is 5.91 Å². The number of para-hydroxylation sites is 1. The van der Waals surface area contributed by atoms with Gasteiger partial charge < -0.3 is 19.9 Å². The van der Waals surface area contributed by atoms with E-state index >= 15 is 0 Å². The number of rotatable bonds is 9. The SMILES string of the molecule is CCn1c(SCC(=O)Nc2ccccc2C(=O)OC)nnc1[C@H](C)NC(=O)c1ccc(Cl)c(Cl)c1. The zero-order chi connectivity index (χ0) is 25.5. The van der Waals surface area contributed by atoms with Crippen molar-refractivity contribution >= 4 is 58.4 Å². The van der Waals surface area contributed by atoms with Crippen LogP contribution in [0.5, 0.6) is 0 Å². The Morgan fingerprint density at radius 2 is 1.86 bits per heavy atom. The molecule has 2 N–H and O–H groups in total. The highest BCUT2D eigenvalue weighted by Gasteiger charge is 2.21. The Labute approximate surface area is 216 Å². The van der Waals surface area contributed by atoms with E-state index in [0.29, 0.717) is 33.8 Å². The van der Waals surface area contributed by atoms with Gasteiger partial charge in [0.1, 0.15) is 0 Å². The zero-order valence-electron chi connectivity index (χ0n) is 19.2. The van der Waals surface area contributed by atoms with Gasteiger partial charge in [-0.15, -0.1) is 10.2 Å². The van der Waals surface area contributed by atoms with Crippen LogP contribution in [-0.4, -0.2) is 45.4 Å². The van der Waals surface area contributed by atoms with E-state index in [1.165, 1.54) is 24.9 Å². The Hall–Kier alpha value is -3.08. The van der Waals surface area contributed by atoms with Crippen LogP contribution in [0.2, 0.25) is 10.0 Å². The minimum Gasteiger partial charge on any atom is -0.465 e. The number of amides is 2. The average molecular weight is 536 g/mol. The van der Waals surface area contributed by atoms with Crippen LogP contribution in [-0.2, 0) is 16.1 Å². The van der Waals surface area contributed by atoms with E-state index in [1.807, 2.05) is 11.5 Å². The lowest BCUT2D eigenvalue weighted by Gasteiger charge is -2.15. The third-order valence-corrected chi connectivity index (χ3v) is 6.62. The summed E-state index contributed by atoms with van der Waals surface area (Å²) in [4.78, 5) is 37.0. The van der Waals surface area contributed by atoms with Crippen LogP contribution in [0.4, 0.5) is 5.69 Å². The molecule has 0 radical (unpaired) electrons. The number of aromatic nitrogens is 3. The number of ether oxygens (including phenoxy) is 1. The minimum absolute atomic E-state index is 0.0393. The molecule has 1 aromatic heterocycles. The predicted molar refractivity (Wildman–Crippen MR) is 135 cm³/mol. The Morgan fingerprint density at radius 1 is 1.11 bits per heavy atom. The molecule has 0 aliphatic heterocycles. The summed E-state index contributed by atoms with van der Waals surface area (Å²) in [5, 5.41) is 15.2. The van der Waals surface area contributed by atoms with Crippen molar-refractivity contribution in [2.45, 2.75) is 31.6 Å². The first-order chi connectivity index (χ1) is 16.7. The Morgan fingerprint density at radius 3 is 2.54 bits per heavy atom. The maximum atomic E-state index is 12.6. The summed E-state index contributed by atoms with van der Waals surface area (Å²) in [6.45, 7) is 4.23. The predicted octanol–water partition coefficient (Wildman–Crippen LogP) is 4.61. The molecule has 0 aliphatic carbocycles. The molecular weight excluding hydrogens is 513 g/mol. The second kappa shape index (κ2) is 12.1. The van der Waals surface area contributed by atoms with Crippen molar-refractivity contribution < 1.29 is 19.1 Å². The fourth-order valence-electron chi connectivity index (χ4n) is 3.20. The molecule has 184 valence electrons. The highest BCUT2D eigenvalue weighted by atomic mass is 35.5. The molecule has 0 fully saturated rings. The normalized spacial score (nSPS) is 11.6. The van der Waals surface area contributed by atoms with Crippen LogP contribution in [0.1, 0.15) is 46.4 Å². The van der Waals surface area contributed by atoms with Crippen molar-refractivity contribution in [3.8, 4) is 0 Å². The molecule has 9 nitrogen and oxygen atoms in total. The summed E-state index contributed by atoms with van der Waals surface area (Å²) in [5.74, 6) is -0.614. The summed E-state index contributed by atoms with van der Waals surface area (Å²) in [5.41, 5.74) is 0.993. The van der Waals surface area contributed by atoms with Crippen LogP contribution in [0.15, 0.2) is 47.6 Å². The number of halogens is 2. The van der Waals surface area contributed by atoms with E-state index in [9.17, 15) is 14.4 Å². The van der Waals surface area contributed by atoms with Crippen LogP contribution < -0.4 is 10.6 Å². The number of nitrogens with zero attached hydrogens (tertiary/aromatic N) is 3. The first-order valence-electron chi connectivity index (χ1n) is 10.5. The lowest BCUT2D eigenvalue weighted by Crippen LogP contribution is -2.28. The smallest absolute Gasteiger partial charge is 0.339 e. The van der Waals surface area contributed by atoms with Crippen LogP contribution in [0.3, 0.4) is 0 Å². The average Bonchev–Trinajstić information content (AvgIpc) is 3.27. The molecule has 2 amide bonds. The van der Waals surface area contributed by atoms with Gasteiger partial charge in [0.2, 0.25) is 5.91 Å². The maximum Gasteiger partial charge on any atom is 0.339 e. The first kappa shape index (κ1) is 26.5. The van der Waals surface area contributed by atoms with Gasteiger partial charge in [0.15, 0.2) is 11.0 Å². The number of esters is 1.